The molecule has 3 heterocycles. The third-order valence-corrected chi connectivity index (χ3v) is 5.03. The third kappa shape index (κ3) is 4.18. The molecule has 3 aromatic heterocycles. The van der Waals surface area contributed by atoms with Gasteiger partial charge in [-0.25, -0.2) is 4.98 Å². The van der Waals surface area contributed by atoms with E-state index in [9.17, 15) is 18.0 Å². The highest BCUT2D eigenvalue weighted by Gasteiger charge is 2.32. The lowest BCUT2D eigenvalue weighted by Crippen LogP contribution is -2.08. The van der Waals surface area contributed by atoms with Crippen LogP contribution in [-0.4, -0.2) is 25.8 Å². The zero-order chi connectivity index (χ0) is 22.2. The smallest absolute Gasteiger partial charge is 0.332 e. The minimum atomic E-state index is -4.47. The second-order valence-electron chi connectivity index (χ2n) is 6.97. The van der Waals surface area contributed by atoms with Crippen LogP contribution >= 0.6 is 11.6 Å². The summed E-state index contributed by atoms with van der Waals surface area (Å²) in [7, 11) is 0. The van der Waals surface area contributed by atoms with Crippen LogP contribution in [0.5, 0.6) is 0 Å². The third-order valence-electron chi connectivity index (χ3n) is 4.71. The van der Waals surface area contributed by atoms with Crippen LogP contribution in [0.1, 0.15) is 30.0 Å². The molecule has 0 saturated carbocycles. The number of aromatic nitrogens is 4. The first-order chi connectivity index (χ1) is 14.8. The fraction of sp³-hybridized carbons (Fsp3) is 0.238. The summed E-state index contributed by atoms with van der Waals surface area (Å²) in [4.78, 5) is 19.4. The Labute approximate surface area is 179 Å². The molecule has 0 aliphatic carbocycles. The largest absolute Gasteiger partial charge is 0.417 e. The molecule has 0 amide bonds. The predicted molar refractivity (Wildman–Crippen MR) is 108 cm³/mol. The molecule has 0 atom stereocenters. The number of carbonyl (C=O) groups excluding carboxylic acids is 1. The van der Waals surface area contributed by atoms with E-state index in [0.29, 0.717) is 34.6 Å². The Morgan fingerprint density at radius 2 is 2.00 bits per heavy atom. The van der Waals surface area contributed by atoms with Gasteiger partial charge in [0.25, 0.3) is 5.89 Å². The van der Waals surface area contributed by atoms with E-state index in [1.807, 2.05) is 6.92 Å². The number of hydrogen-bond donors (Lipinski definition) is 0. The number of benzene rings is 1. The highest BCUT2D eigenvalue weighted by atomic mass is 35.5. The van der Waals surface area contributed by atoms with Crippen molar-refractivity contribution in [2.24, 2.45) is 0 Å². The maximum Gasteiger partial charge on any atom is 0.417 e. The van der Waals surface area contributed by atoms with Crippen molar-refractivity contribution in [1.29, 1.82) is 0 Å². The van der Waals surface area contributed by atoms with Crippen LogP contribution in [0.3, 0.4) is 0 Å². The van der Waals surface area contributed by atoms with Crippen molar-refractivity contribution in [3.8, 4) is 23.0 Å². The summed E-state index contributed by atoms with van der Waals surface area (Å²) in [6, 6.07) is 6.16. The summed E-state index contributed by atoms with van der Waals surface area (Å²) >= 11 is 6.27. The van der Waals surface area contributed by atoms with Gasteiger partial charge in [0.15, 0.2) is 0 Å². The topological polar surface area (TPSA) is 73.3 Å². The van der Waals surface area contributed by atoms with Gasteiger partial charge in [-0.3, -0.25) is 0 Å². The average Bonchev–Trinajstić information content (AvgIpc) is 3.35. The molecule has 0 radical (unpaired) electrons. The van der Waals surface area contributed by atoms with Crippen molar-refractivity contribution >= 4 is 23.5 Å². The molecule has 0 bridgehead atoms. The van der Waals surface area contributed by atoms with Crippen molar-refractivity contribution in [3.63, 3.8) is 0 Å². The van der Waals surface area contributed by atoms with Gasteiger partial charge in [-0.1, -0.05) is 36.2 Å². The number of nitrogens with zero attached hydrogens (tertiary/aromatic N) is 4. The molecule has 0 spiro atoms. The average molecular weight is 449 g/mol. The molecule has 0 fully saturated rings. The van der Waals surface area contributed by atoms with Gasteiger partial charge in [0.2, 0.25) is 5.82 Å². The Kier molecular flexibility index (Phi) is 5.53. The normalized spacial score (nSPS) is 11.9. The monoisotopic (exact) mass is 448 g/mol. The number of rotatable bonds is 6. The van der Waals surface area contributed by atoms with Crippen LogP contribution < -0.4 is 0 Å². The molecule has 0 N–H and O–H groups in total. The molecule has 10 heteroatoms. The van der Waals surface area contributed by atoms with Gasteiger partial charge in [0.05, 0.1) is 10.6 Å². The zero-order valence-corrected chi connectivity index (χ0v) is 17.0. The number of pyridine rings is 1. The number of fused-ring (bicyclic) bond motifs is 1. The molecular weight excluding hydrogens is 433 g/mol. The van der Waals surface area contributed by atoms with Gasteiger partial charge < -0.3 is 13.7 Å². The van der Waals surface area contributed by atoms with E-state index in [0.717, 1.165) is 24.1 Å². The van der Waals surface area contributed by atoms with E-state index < -0.39 is 11.7 Å². The molecule has 0 saturated heterocycles. The molecular formula is C21H16ClF3N4O2. The fourth-order valence-corrected chi connectivity index (χ4v) is 3.57. The lowest BCUT2D eigenvalue weighted by atomic mass is 10.1. The molecule has 1 aromatic carbocycles. The summed E-state index contributed by atoms with van der Waals surface area (Å²) in [5.74, 6) is 0.266. The minimum absolute atomic E-state index is 0.0581. The summed E-state index contributed by atoms with van der Waals surface area (Å²) in [5, 5.41) is 4.26. The van der Waals surface area contributed by atoms with Crippen molar-refractivity contribution in [2.75, 3.05) is 0 Å². The van der Waals surface area contributed by atoms with E-state index in [1.165, 1.54) is 10.6 Å². The first-order valence-corrected chi connectivity index (χ1v) is 9.83. The van der Waals surface area contributed by atoms with Crippen LogP contribution in [0, 0.1) is 0 Å². The quantitative estimate of drug-likeness (QED) is 0.368. The molecule has 4 aromatic rings. The fourth-order valence-electron chi connectivity index (χ4n) is 3.28. The highest BCUT2D eigenvalue weighted by molar-refractivity contribution is 6.33. The van der Waals surface area contributed by atoms with Gasteiger partial charge in [-0.15, -0.1) is 0 Å². The van der Waals surface area contributed by atoms with E-state index >= 15 is 0 Å². The molecule has 0 aliphatic heterocycles. The first kappa shape index (κ1) is 21.0. The molecule has 4 rings (SSSR count). The van der Waals surface area contributed by atoms with Crippen molar-refractivity contribution < 1.29 is 22.5 Å². The van der Waals surface area contributed by atoms with E-state index in [2.05, 4.69) is 15.1 Å². The molecule has 160 valence electrons. The van der Waals surface area contributed by atoms with E-state index in [1.54, 1.807) is 18.2 Å². The Hall–Kier alpha value is -3.20. The summed E-state index contributed by atoms with van der Waals surface area (Å²) in [6.07, 6.45) is 0.0767. The molecule has 31 heavy (non-hydrogen) atoms. The maximum absolute atomic E-state index is 13.3. The number of aldehydes is 1. The highest BCUT2D eigenvalue weighted by Crippen LogP contribution is 2.33. The first-order valence-electron chi connectivity index (χ1n) is 9.45. The molecule has 6 nitrogen and oxygen atoms in total. The standard InChI is InChI=1S/C21H16ClF3N4O2/c1-2-3-13-9-14(21(23,24)25)10-29-11-17(26-19(13)29)20-27-18(28-31-20)15-5-4-12(6-7-30)8-16(15)22/h4-5,7-11H,2-3,6H2,1H3. The lowest BCUT2D eigenvalue weighted by molar-refractivity contribution is -0.137. The van der Waals surface area contributed by atoms with Crippen LogP contribution in [0.25, 0.3) is 28.6 Å². The van der Waals surface area contributed by atoms with Crippen molar-refractivity contribution in [3.05, 3.63) is 58.4 Å². The lowest BCUT2D eigenvalue weighted by Gasteiger charge is -2.10. The second-order valence-corrected chi connectivity index (χ2v) is 7.37. The number of aryl methyl sites for hydroxylation is 1. The van der Waals surface area contributed by atoms with Crippen LogP contribution in [-0.2, 0) is 23.8 Å². The van der Waals surface area contributed by atoms with Gasteiger partial charge in [0, 0.05) is 24.4 Å². The number of imidazole rings is 1. The van der Waals surface area contributed by atoms with Crippen LogP contribution in [0.15, 0.2) is 41.2 Å². The Morgan fingerprint density at radius 1 is 1.19 bits per heavy atom. The Balaban J connectivity index is 1.74. The molecule has 0 aliphatic rings. The van der Waals surface area contributed by atoms with Gasteiger partial charge in [0.1, 0.15) is 17.6 Å². The van der Waals surface area contributed by atoms with Gasteiger partial charge in [-0.2, -0.15) is 18.2 Å². The van der Waals surface area contributed by atoms with Crippen molar-refractivity contribution in [2.45, 2.75) is 32.4 Å². The zero-order valence-electron chi connectivity index (χ0n) is 16.3. The minimum Gasteiger partial charge on any atom is -0.332 e. The number of alkyl halides is 3. The van der Waals surface area contributed by atoms with Gasteiger partial charge in [-0.05, 0) is 35.7 Å². The Morgan fingerprint density at radius 3 is 2.68 bits per heavy atom. The van der Waals surface area contributed by atoms with Gasteiger partial charge >= 0.3 is 6.18 Å². The van der Waals surface area contributed by atoms with Crippen molar-refractivity contribution in [1.82, 2.24) is 19.5 Å². The summed E-state index contributed by atoms with van der Waals surface area (Å²) < 4.78 is 46.4. The second kappa shape index (κ2) is 8.14. The predicted octanol–water partition coefficient (Wildman–Crippen LogP) is 5.42. The molecule has 0 unspecified atom stereocenters. The van der Waals surface area contributed by atoms with Crippen LogP contribution in [0.4, 0.5) is 13.2 Å². The number of halogens is 4. The summed E-state index contributed by atoms with van der Waals surface area (Å²) in [6.45, 7) is 1.88. The van der Waals surface area contributed by atoms with Crippen LogP contribution in [0.2, 0.25) is 5.02 Å². The Bertz CT molecular complexity index is 1260. The SMILES string of the molecule is CCCc1cc(C(F)(F)F)cn2cc(-c3nc(-c4ccc(CC=O)cc4Cl)no3)nc12. The van der Waals surface area contributed by atoms with E-state index in [-0.39, 0.29) is 23.8 Å². The summed E-state index contributed by atoms with van der Waals surface area (Å²) in [5.41, 5.74) is 1.64. The maximum atomic E-state index is 13.3. The van der Waals surface area contributed by atoms with E-state index in [4.69, 9.17) is 16.1 Å². The number of carbonyl (C=O) groups is 1. The number of hydrogen-bond acceptors (Lipinski definition) is 5.